The molecule has 1 aliphatic carbocycles. The fraction of sp³-hybridized carbons (Fsp3) is 0.308. The van der Waals surface area contributed by atoms with Crippen LogP contribution in [-0.4, -0.2) is 9.55 Å². The van der Waals surface area contributed by atoms with E-state index in [1.807, 2.05) is 16.8 Å². The van der Waals surface area contributed by atoms with Crippen molar-refractivity contribution in [2.24, 2.45) is 5.73 Å². The van der Waals surface area contributed by atoms with Gasteiger partial charge in [0.25, 0.3) is 0 Å². The third-order valence-corrected chi connectivity index (χ3v) is 3.37. The summed E-state index contributed by atoms with van der Waals surface area (Å²) in [6.07, 6.45) is 7.77. The number of halogens is 1. The molecule has 0 saturated heterocycles. The molecule has 0 spiro atoms. The maximum absolute atomic E-state index is 13.7. The van der Waals surface area contributed by atoms with Crippen LogP contribution in [0.5, 0.6) is 0 Å². The summed E-state index contributed by atoms with van der Waals surface area (Å²) in [5.74, 6) is -0.301. The van der Waals surface area contributed by atoms with Crippen LogP contribution in [0, 0.1) is 5.82 Å². The smallest absolute Gasteiger partial charge is 0.165 e. The van der Waals surface area contributed by atoms with Crippen molar-refractivity contribution >= 4 is 0 Å². The van der Waals surface area contributed by atoms with E-state index in [4.69, 9.17) is 5.73 Å². The summed E-state index contributed by atoms with van der Waals surface area (Å²) in [5, 5.41) is 0. The third-order valence-electron chi connectivity index (χ3n) is 3.37. The van der Waals surface area contributed by atoms with Crippen molar-refractivity contribution in [3.05, 3.63) is 47.8 Å². The zero-order chi connectivity index (χ0) is 11.8. The summed E-state index contributed by atoms with van der Waals surface area (Å²) >= 11 is 0. The highest BCUT2D eigenvalue weighted by Crippen LogP contribution is 2.30. The van der Waals surface area contributed by atoms with Crippen molar-refractivity contribution in [3.8, 4) is 5.69 Å². The van der Waals surface area contributed by atoms with Crippen LogP contribution < -0.4 is 5.73 Å². The highest BCUT2D eigenvalue weighted by atomic mass is 19.1. The first kappa shape index (κ1) is 10.5. The van der Waals surface area contributed by atoms with Crippen LogP contribution in [0.2, 0.25) is 0 Å². The second kappa shape index (κ2) is 3.96. The Kier molecular flexibility index (Phi) is 2.44. The number of nitrogens with zero attached hydrogens (tertiary/aromatic N) is 2. The number of nitrogens with two attached hydrogens (primary N) is 1. The first-order valence-electron chi connectivity index (χ1n) is 5.83. The Balaban J connectivity index is 2.14. The molecule has 2 aromatic rings. The molecule has 0 aromatic carbocycles. The van der Waals surface area contributed by atoms with Crippen molar-refractivity contribution in [1.29, 1.82) is 0 Å². The minimum absolute atomic E-state index is 0.0879. The molecule has 2 heterocycles. The zero-order valence-electron chi connectivity index (χ0n) is 9.44. The van der Waals surface area contributed by atoms with E-state index in [0.717, 1.165) is 30.5 Å². The van der Waals surface area contributed by atoms with Crippen LogP contribution in [0.25, 0.3) is 5.69 Å². The summed E-state index contributed by atoms with van der Waals surface area (Å²) in [6, 6.07) is 3.78. The number of hydrogen-bond acceptors (Lipinski definition) is 2. The molecule has 1 aliphatic rings. The molecule has 88 valence electrons. The number of aromatic nitrogens is 2. The van der Waals surface area contributed by atoms with Crippen LogP contribution in [0.1, 0.15) is 30.1 Å². The van der Waals surface area contributed by atoms with E-state index < -0.39 is 0 Å². The Morgan fingerprint density at radius 1 is 1.41 bits per heavy atom. The van der Waals surface area contributed by atoms with Gasteiger partial charge in [-0.15, -0.1) is 0 Å². The van der Waals surface area contributed by atoms with Crippen molar-refractivity contribution in [2.45, 2.75) is 25.3 Å². The number of hydrogen-bond donors (Lipinski definition) is 1. The molecule has 1 unspecified atom stereocenters. The van der Waals surface area contributed by atoms with E-state index in [0.29, 0.717) is 5.69 Å². The first-order valence-corrected chi connectivity index (χ1v) is 5.83. The Morgan fingerprint density at radius 2 is 2.29 bits per heavy atom. The standard InChI is InChI=1S/C13H14FN3/c14-10-8-16-6-4-13(10)17-7-5-9-11(15)2-1-3-12(9)17/h4-8,11H,1-3,15H2. The van der Waals surface area contributed by atoms with Gasteiger partial charge in [0.15, 0.2) is 5.82 Å². The van der Waals surface area contributed by atoms with Gasteiger partial charge in [0.1, 0.15) is 0 Å². The second-order valence-electron chi connectivity index (χ2n) is 4.41. The summed E-state index contributed by atoms with van der Waals surface area (Å²) < 4.78 is 15.6. The summed E-state index contributed by atoms with van der Waals surface area (Å²) in [6.45, 7) is 0. The maximum Gasteiger partial charge on any atom is 0.165 e. The van der Waals surface area contributed by atoms with Crippen LogP contribution in [0.3, 0.4) is 0 Å². The van der Waals surface area contributed by atoms with Gasteiger partial charge in [-0.3, -0.25) is 4.98 Å². The molecule has 0 aliphatic heterocycles. The number of pyridine rings is 1. The van der Waals surface area contributed by atoms with E-state index in [1.165, 1.54) is 6.20 Å². The molecule has 4 heteroatoms. The number of rotatable bonds is 1. The highest BCUT2D eigenvalue weighted by molar-refractivity contribution is 5.40. The molecule has 2 N–H and O–H groups in total. The van der Waals surface area contributed by atoms with Crippen LogP contribution in [0.15, 0.2) is 30.7 Å². The fourth-order valence-corrected chi connectivity index (χ4v) is 2.52. The van der Waals surface area contributed by atoms with Gasteiger partial charge in [0.2, 0.25) is 0 Å². The lowest BCUT2D eigenvalue weighted by Crippen LogP contribution is -2.18. The van der Waals surface area contributed by atoms with Crippen LogP contribution in [0.4, 0.5) is 4.39 Å². The Hall–Kier alpha value is -1.68. The van der Waals surface area contributed by atoms with E-state index in [9.17, 15) is 4.39 Å². The topological polar surface area (TPSA) is 43.8 Å². The van der Waals surface area contributed by atoms with Crippen LogP contribution >= 0.6 is 0 Å². The summed E-state index contributed by atoms with van der Waals surface area (Å²) in [5.41, 5.74) is 8.89. The lowest BCUT2D eigenvalue weighted by molar-refractivity contribution is 0.555. The Labute approximate surface area is 99.1 Å². The highest BCUT2D eigenvalue weighted by Gasteiger charge is 2.21. The summed E-state index contributed by atoms with van der Waals surface area (Å²) in [4.78, 5) is 3.77. The molecular formula is C13H14FN3. The molecule has 0 radical (unpaired) electrons. The average Bonchev–Trinajstić information content (AvgIpc) is 2.75. The molecule has 0 amide bonds. The maximum atomic E-state index is 13.7. The average molecular weight is 231 g/mol. The van der Waals surface area contributed by atoms with Gasteiger partial charge in [0.05, 0.1) is 11.9 Å². The molecule has 0 saturated carbocycles. The van der Waals surface area contributed by atoms with Crippen molar-refractivity contribution < 1.29 is 4.39 Å². The molecular weight excluding hydrogens is 217 g/mol. The van der Waals surface area contributed by atoms with Gasteiger partial charge in [-0.05, 0) is 37.0 Å². The van der Waals surface area contributed by atoms with E-state index in [-0.39, 0.29) is 11.9 Å². The Bertz CT molecular complexity index is 547. The fourth-order valence-electron chi connectivity index (χ4n) is 2.52. The first-order chi connectivity index (χ1) is 8.27. The van der Waals surface area contributed by atoms with E-state index >= 15 is 0 Å². The largest absolute Gasteiger partial charge is 0.324 e. The monoisotopic (exact) mass is 231 g/mol. The third kappa shape index (κ3) is 1.65. The van der Waals surface area contributed by atoms with Crippen LogP contribution in [-0.2, 0) is 6.42 Å². The minimum Gasteiger partial charge on any atom is -0.324 e. The van der Waals surface area contributed by atoms with Crippen molar-refractivity contribution in [3.63, 3.8) is 0 Å². The molecule has 0 bridgehead atoms. The molecule has 0 fully saturated rings. The predicted octanol–water partition coefficient (Wildman–Crippen LogP) is 2.35. The van der Waals surface area contributed by atoms with Crippen molar-refractivity contribution in [1.82, 2.24) is 9.55 Å². The zero-order valence-corrected chi connectivity index (χ0v) is 9.44. The van der Waals surface area contributed by atoms with Crippen molar-refractivity contribution in [2.75, 3.05) is 0 Å². The lowest BCUT2D eigenvalue weighted by Gasteiger charge is -2.21. The van der Waals surface area contributed by atoms with Gasteiger partial charge in [-0.2, -0.15) is 0 Å². The lowest BCUT2D eigenvalue weighted by atomic mass is 9.93. The quantitative estimate of drug-likeness (QED) is 0.818. The van der Waals surface area contributed by atoms with Gasteiger partial charge in [-0.25, -0.2) is 4.39 Å². The van der Waals surface area contributed by atoms with Gasteiger partial charge < -0.3 is 10.3 Å². The molecule has 1 atom stereocenters. The molecule has 3 nitrogen and oxygen atoms in total. The normalized spacial score (nSPS) is 19.1. The molecule has 2 aromatic heterocycles. The Morgan fingerprint density at radius 3 is 3.12 bits per heavy atom. The second-order valence-corrected chi connectivity index (χ2v) is 4.41. The predicted molar refractivity (Wildman–Crippen MR) is 63.4 cm³/mol. The summed E-state index contributed by atoms with van der Waals surface area (Å²) in [7, 11) is 0. The van der Waals surface area contributed by atoms with Gasteiger partial charge in [-0.1, -0.05) is 0 Å². The SMILES string of the molecule is NC1CCCc2c1ccn2-c1ccncc1F. The number of fused-ring (bicyclic) bond motifs is 1. The van der Waals surface area contributed by atoms with E-state index in [1.54, 1.807) is 12.3 Å². The van der Waals surface area contributed by atoms with Gasteiger partial charge in [0, 0.05) is 24.1 Å². The minimum atomic E-state index is -0.301. The van der Waals surface area contributed by atoms with E-state index in [2.05, 4.69) is 4.98 Å². The molecule has 3 rings (SSSR count). The van der Waals surface area contributed by atoms with Gasteiger partial charge >= 0.3 is 0 Å². The molecule has 17 heavy (non-hydrogen) atoms.